The molecule has 5 heteroatoms. The fraction of sp³-hybridized carbons (Fsp3) is 0.533. The Labute approximate surface area is 117 Å². The molecule has 3 atom stereocenters. The quantitative estimate of drug-likeness (QED) is 0.808. The predicted octanol–water partition coefficient (Wildman–Crippen LogP) is 1.87. The third-order valence-electron chi connectivity index (χ3n) is 3.94. The first-order valence-corrected chi connectivity index (χ1v) is 6.79. The Morgan fingerprint density at radius 1 is 1.25 bits per heavy atom. The van der Waals surface area contributed by atoms with Crippen molar-refractivity contribution < 1.29 is 24.5 Å². The number of fused-ring (bicyclic) bond motifs is 3. The summed E-state index contributed by atoms with van der Waals surface area (Å²) in [5.41, 5.74) is 0.502. The lowest BCUT2D eigenvalue weighted by atomic mass is 9.93. The molecule has 0 fully saturated rings. The van der Waals surface area contributed by atoms with Crippen molar-refractivity contribution in [3.63, 3.8) is 0 Å². The van der Waals surface area contributed by atoms with Crippen molar-refractivity contribution in [3.8, 4) is 5.75 Å². The van der Waals surface area contributed by atoms with E-state index < -0.39 is 23.8 Å². The summed E-state index contributed by atoms with van der Waals surface area (Å²) in [6.45, 7) is 5.08. The molecular weight excluding hydrogens is 260 g/mol. The topological polar surface area (TPSA) is 76.0 Å². The first kappa shape index (κ1) is 13.4. The van der Waals surface area contributed by atoms with E-state index in [0.717, 1.165) is 5.56 Å². The van der Waals surface area contributed by atoms with Gasteiger partial charge in [-0.15, -0.1) is 0 Å². The molecule has 108 valence electrons. The first-order chi connectivity index (χ1) is 9.34. The number of rotatable bonds is 2. The van der Waals surface area contributed by atoms with Crippen LogP contribution in [0.2, 0.25) is 0 Å². The van der Waals surface area contributed by atoms with Gasteiger partial charge in [-0.05, 0) is 20.3 Å². The molecular formula is C15H18O5. The van der Waals surface area contributed by atoms with Crippen LogP contribution in [0.5, 0.6) is 5.75 Å². The van der Waals surface area contributed by atoms with E-state index >= 15 is 0 Å². The highest BCUT2D eigenvalue weighted by Gasteiger charge is 2.46. The van der Waals surface area contributed by atoms with Crippen LogP contribution in [0.15, 0.2) is 12.1 Å². The van der Waals surface area contributed by atoms with Gasteiger partial charge >= 0.3 is 5.97 Å². The highest BCUT2D eigenvalue weighted by atomic mass is 16.6. The molecule has 0 bridgehead atoms. The molecule has 0 saturated carbocycles. The van der Waals surface area contributed by atoms with Gasteiger partial charge in [0.2, 0.25) is 0 Å². The molecule has 0 aliphatic carbocycles. The molecule has 1 aromatic rings. The van der Waals surface area contributed by atoms with Crippen LogP contribution in [0.4, 0.5) is 0 Å². The molecule has 0 amide bonds. The zero-order valence-corrected chi connectivity index (χ0v) is 11.7. The van der Waals surface area contributed by atoms with Gasteiger partial charge in [0, 0.05) is 11.1 Å². The summed E-state index contributed by atoms with van der Waals surface area (Å²) in [6, 6.07) is 3.54. The summed E-state index contributed by atoms with van der Waals surface area (Å²) < 4.78 is 11.0. The van der Waals surface area contributed by atoms with Crippen LogP contribution in [0.25, 0.3) is 0 Å². The Kier molecular flexibility index (Phi) is 2.81. The maximum absolute atomic E-state index is 12.0. The number of aliphatic hydroxyl groups is 2. The molecule has 3 unspecified atom stereocenters. The maximum atomic E-state index is 12.0. The number of benzene rings is 1. The van der Waals surface area contributed by atoms with E-state index in [0.29, 0.717) is 23.3 Å². The van der Waals surface area contributed by atoms with Crippen LogP contribution in [-0.4, -0.2) is 27.9 Å². The van der Waals surface area contributed by atoms with Crippen molar-refractivity contribution >= 4 is 5.97 Å². The molecule has 0 radical (unpaired) electrons. The Hall–Kier alpha value is -1.59. The summed E-state index contributed by atoms with van der Waals surface area (Å²) in [5.74, 6) is -0.0737. The van der Waals surface area contributed by atoms with Gasteiger partial charge in [-0.3, -0.25) is 0 Å². The highest BCUT2D eigenvalue weighted by molar-refractivity contribution is 5.97. The van der Waals surface area contributed by atoms with E-state index in [-0.39, 0.29) is 6.10 Å². The van der Waals surface area contributed by atoms with Crippen LogP contribution in [-0.2, 0) is 4.74 Å². The second-order valence-corrected chi connectivity index (χ2v) is 5.89. The second-order valence-electron chi connectivity index (χ2n) is 5.89. The standard InChI is InChI=1S/C15H18O5/c1-4-9-7-5-6-8-11(16)13(15(2,3)18)20-12(8)10(7)14(17)19-9/h5-6,9,11,13,16,18H,4H2,1-3H3. The smallest absolute Gasteiger partial charge is 0.342 e. The summed E-state index contributed by atoms with van der Waals surface area (Å²) >= 11 is 0. The van der Waals surface area contributed by atoms with E-state index in [1.165, 1.54) is 0 Å². The Morgan fingerprint density at radius 3 is 2.50 bits per heavy atom. The third-order valence-corrected chi connectivity index (χ3v) is 3.94. The van der Waals surface area contributed by atoms with E-state index in [1.807, 2.05) is 6.92 Å². The molecule has 2 aliphatic rings. The number of cyclic esters (lactones) is 1. The summed E-state index contributed by atoms with van der Waals surface area (Å²) in [4.78, 5) is 12.0. The largest absolute Gasteiger partial charge is 0.483 e. The average molecular weight is 278 g/mol. The van der Waals surface area contributed by atoms with Gasteiger partial charge in [-0.1, -0.05) is 19.1 Å². The average Bonchev–Trinajstić information content (AvgIpc) is 2.87. The summed E-state index contributed by atoms with van der Waals surface area (Å²) in [6.07, 6.45) is -1.32. The molecule has 0 saturated heterocycles. The fourth-order valence-corrected chi connectivity index (χ4v) is 2.89. The van der Waals surface area contributed by atoms with Gasteiger partial charge in [0.1, 0.15) is 23.5 Å². The number of carbonyl (C=O) groups is 1. The van der Waals surface area contributed by atoms with Gasteiger partial charge in [0.15, 0.2) is 6.10 Å². The monoisotopic (exact) mass is 278 g/mol. The molecule has 1 aromatic carbocycles. The lowest BCUT2D eigenvalue weighted by Gasteiger charge is -2.27. The summed E-state index contributed by atoms with van der Waals surface area (Å²) in [7, 11) is 0. The van der Waals surface area contributed by atoms with Crippen molar-refractivity contribution in [2.45, 2.75) is 51.1 Å². The number of aliphatic hydroxyl groups excluding tert-OH is 1. The number of hydrogen-bond acceptors (Lipinski definition) is 5. The molecule has 2 aliphatic heterocycles. The van der Waals surface area contributed by atoms with Crippen molar-refractivity contribution in [2.75, 3.05) is 0 Å². The minimum atomic E-state index is -1.21. The minimum Gasteiger partial charge on any atom is -0.483 e. The van der Waals surface area contributed by atoms with Crippen molar-refractivity contribution in [3.05, 3.63) is 28.8 Å². The Morgan fingerprint density at radius 2 is 1.90 bits per heavy atom. The predicted molar refractivity (Wildman–Crippen MR) is 70.6 cm³/mol. The number of carbonyl (C=O) groups excluding carboxylic acids is 1. The van der Waals surface area contributed by atoms with Gasteiger partial charge in [0.05, 0.1) is 5.60 Å². The molecule has 2 heterocycles. The van der Waals surface area contributed by atoms with Crippen LogP contribution >= 0.6 is 0 Å². The third kappa shape index (κ3) is 1.73. The van der Waals surface area contributed by atoms with Crippen molar-refractivity contribution in [1.82, 2.24) is 0 Å². The molecule has 5 nitrogen and oxygen atoms in total. The van der Waals surface area contributed by atoms with Crippen molar-refractivity contribution in [1.29, 1.82) is 0 Å². The number of esters is 1. The normalized spacial score (nSPS) is 27.9. The highest BCUT2D eigenvalue weighted by Crippen LogP contribution is 2.48. The van der Waals surface area contributed by atoms with E-state index in [2.05, 4.69) is 0 Å². The summed E-state index contributed by atoms with van der Waals surface area (Å²) in [5, 5.41) is 20.4. The van der Waals surface area contributed by atoms with Crippen molar-refractivity contribution in [2.24, 2.45) is 0 Å². The lowest BCUT2D eigenvalue weighted by molar-refractivity contribution is -0.0764. The minimum absolute atomic E-state index is 0.260. The Bertz CT molecular complexity index is 572. The Balaban J connectivity index is 2.10. The zero-order chi connectivity index (χ0) is 14.7. The first-order valence-electron chi connectivity index (χ1n) is 6.79. The maximum Gasteiger partial charge on any atom is 0.342 e. The molecule has 0 spiro atoms. The molecule has 3 rings (SSSR count). The van der Waals surface area contributed by atoms with Gasteiger partial charge < -0.3 is 19.7 Å². The molecule has 0 aromatic heterocycles. The van der Waals surface area contributed by atoms with Crippen LogP contribution in [0, 0.1) is 0 Å². The van der Waals surface area contributed by atoms with Gasteiger partial charge in [0.25, 0.3) is 0 Å². The second kappa shape index (κ2) is 4.20. The van der Waals surface area contributed by atoms with E-state index in [9.17, 15) is 15.0 Å². The fourth-order valence-electron chi connectivity index (χ4n) is 2.89. The number of hydrogen-bond donors (Lipinski definition) is 2. The SMILES string of the molecule is CCC1OC(=O)c2c1ccc1c2OC(C(C)(C)O)C1O. The van der Waals surface area contributed by atoms with Crippen LogP contribution < -0.4 is 4.74 Å². The molecule has 2 N–H and O–H groups in total. The van der Waals surface area contributed by atoms with Crippen LogP contribution in [0.3, 0.4) is 0 Å². The lowest BCUT2D eigenvalue weighted by Crippen LogP contribution is -2.41. The van der Waals surface area contributed by atoms with Gasteiger partial charge in [-0.2, -0.15) is 0 Å². The zero-order valence-electron chi connectivity index (χ0n) is 11.7. The van der Waals surface area contributed by atoms with E-state index in [1.54, 1.807) is 26.0 Å². The molecule has 20 heavy (non-hydrogen) atoms. The van der Waals surface area contributed by atoms with E-state index in [4.69, 9.17) is 9.47 Å². The van der Waals surface area contributed by atoms with Gasteiger partial charge in [-0.25, -0.2) is 4.79 Å². The van der Waals surface area contributed by atoms with Crippen LogP contribution in [0.1, 0.15) is 60.9 Å². The number of ether oxygens (including phenoxy) is 2.